The molecule has 0 atom stereocenters. The molecule has 0 unspecified atom stereocenters. The van der Waals surface area contributed by atoms with E-state index in [9.17, 15) is 9.90 Å². The zero-order chi connectivity index (χ0) is 17.5. The van der Waals surface area contributed by atoms with Gasteiger partial charge in [0.05, 0.1) is 24.2 Å². The molecule has 24 heavy (non-hydrogen) atoms. The highest BCUT2D eigenvalue weighted by Crippen LogP contribution is 2.21. The van der Waals surface area contributed by atoms with Gasteiger partial charge in [-0.3, -0.25) is 4.98 Å². The number of nitrogens with zero attached hydrogens (tertiary/aromatic N) is 3. The summed E-state index contributed by atoms with van der Waals surface area (Å²) in [7, 11) is 0. The summed E-state index contributed by atoms with van der Waals surface area (Å²) in [5.74, 6) is -0.280. The van der Waals surface area contributed by atoms with Gasteiger partial charge in [-0.1, -0.05) is 19.2 Å². The van der Waals surface area contributed by atoms with Crippen LogP contribution in [0.5, 0.6) is 0 Å². The summed E-state index contributed by atoms with van der Waals surface area (Å²) in [6.45, 7) is 9.05. The number of rotatable bonds is 6. The number of carboxylic acid groups (broad SMARTS) is 1. The van der Waals surface area contributed by atoms with Crippen molar-refractivity contribution in [3.05, 3.63) is 61.1 Å². The number of carboxylic acids is 1. The number of aromatic nitrogens is 2. The normalized spacial score (nSPS) is 16.4. The summed E-state index contributed by atoms with van der Waals surface area (Å²) in [4.78, 5) is 21.5. The molecule has 0 aliphatic carbocycles. The summed E-state index contributed by atoms with van der Waals surface area (Å²) >= 11 is 0. The van der Waals surface area contributed by atoms with E-state index < -0.39 is 5.97 Å². The standard InChI is InChI=1S/C18H21N3O3/c1-3-14(10-13(2)4-5-18(23)24)16-11-19-12-17(20-16)21-8-6-15(22)7-9-21/h3-5,10-12,15,22H,1-2,6-9H2,(H,23,24)/b5-4+,14-10+. The molecule has 0 spiro atoms. The predicted molar refractivity (Wildman–Crippen MR) is 93.6 cm³/mol. The zero-order valence-electron chi connectivity index (χ0n) is 13.4. The fraction of sp³-hybridized carbons (Fsp3) is 0.278. The zero-order valence-corrected chi connectivity index (χ0v) is 13.4. The van der Waals surface area contributed by atoms with Gasteiger partial charge in [0, 0.05) is 24.7 Å². The maximum absolute atomic E-state index is 10.6. The molecule has 6 nitrogen and oxygen atoms in total. The van der Waals surface area contributed by atoms with E-state index in [1.165, 1.54) is 6.08 Å². The Morgan fingerprint density at radius 2 is 2.00 bits per heavy atom. The molecule has 2 N–H and O–H groups in total. The molecular formula is C18H21N3O3. The predicted octanol–water partition coefficient (Wildman–Crippen LogP) is 2.20. The molecule has 2 heterocycles. The molecule has 1 fully saturated rings. The first-order chi connectivity index (χ1) is 11.5. The van der Waals surface area contributed by atoms with Gasteiger partial charge in [0.2, 0.25) is 0 Å². The Morgan fingerprint density at radius 1 is 1.29 bits per heavy atom. The summed E-state index contributed by atoms with van der Waals surface area (Å²) in [6, 6.07) is 0. The van der Waals surface area contributed by atoms with Gasteiger partial charge in [0.15, 0.2) is 0 Å². The van der Waals surface area contributed by atoms with Gasteiger partial charge in [-0.15, -0.1) is 0 Å². The van der Waals surface area contributed by atoms with E-state index in [4.69, 9.17) is 5.11 Å². The topological polar surface area (TPSA) is 86.5 Å². The first-order valence-corrected chi connectivity index (χ1v) is 7.69. The third kappa shape index (κ3) is 4.89. The Bertz CT molecular complexity index is 687. The number of hydrogen-bond acceptors (Lipinski definition) is 5. The van der Waals surface area contributed by atoms with Gasteiger partial charge in [-0.25, -0.2) is 9.78 Å². The molecule has 0 amide bonds. The third-order valence-electron chi connectivity index (χ3n) is 3.71. The number of aliphatic hydroxyl groups excluding tert-OH is 1. The van der Waals surface area contributed by atoms with E-state index in [0.29, 0.717) is 29.7 Å². The number of hydrogen-bond donors (Lipinski definition) is 2. The second-order valence-electron chi connectivity index (χ2n) is 5.53. The second-order valence-corrected chi connectivity index (χ2v) is 5.53. The van der Waals surface area contributed by atoms with Gasteiger partial charge in [-0.05, 0) is 30.6 Å². The minimum atomic E-state index is -1.03. The molecule has 1 saturated heterocycles. The number of aliphatic carboxylic acids is 1. The Hall–Kier alpha value is -2.73. The molecule has 1 aromatic rings. The average molecular weight is 327 g/mol. The third-order valence-corrected chi connectivity index (χ3v) is 3.71. The van der Waals surface area contributed by atoms with Crippen molar-refractivity contribution in [3.63, 3.8) is 0 Å². The second kappa shape index (κ2) is 8.21. The van der Waals surface area contributed by atoms with E-state index in [2.05, 4.69) is 28.0 Å². The van der Waals surface area contributed by atoms with Crippen molar-refractivity contribution in [2.75, 3.05) is 18.0 Å². The van der Waals surface area contributed by atoms with Crippen molar-refractivity contribution in [2.24, 2.45) is 0 Å². The van der Waals surface area contributed by atoms with Crippen LogP contribution in [-0.2, 0) is 4.79 Å². The smallest absolute Gasteiger partial charge is 0.328 e. The molecule has 0 radical (unpaired) electrons. The summed E-state index contributed by atoms with van der Waals surface area (Å²) in [5, 5.41) is 18.3. The van der Waals surface area contributed by atoms with Crippen LogP contribution in [-0.4, -0.2) is 45.3 Å². The van der Waals surface area contributed by atoms with Crippen molar-refractivity contribution in [2.45, 2.75) is 18.9 Å². The fourth-order valence-electron chi connectivity index (χ4n) is 2.41. The highest BCUT2D eigenvalue weighted by Gasteiger charge is 2.18. The lowest BCUT2D eigenvalue weighted by molar-refractivity contribution is -0.131. The quantitative estimate of drug-likeness (QED) is 0.615. The Labute approximate surface area is 141 Å². The number of carbonyl (C=O) groups is 1. The van der Waals surface area contributed by atoms with Crippen molar-refractivity contribution in [3.8, 4) is 0 Å². The highest BCUT2D eigenvalue weighted by molar-refractivity contribution is 5.81. The molecular weight excluding hydrogens is 306 g/mol. The van der Waals surface area contributed by atoms with Gasteiger partial charge in [0.25, 0.3) is 0 Å². The van der Waals surface area contributed by atoms with E-state index in [1.54, 1.807) is 24.5 Å². The molecule has 0 aromatic carbocycles. The average Bonchev–Trinajstić information content (AvgIpc) is 2.58. The van der Waals surface area contributed by atoms with Crippen LogP contribution < -0.4 is 4.90 Å². The lowest BCUT2D eigenvalue weighted by Gasteiger charge is -2.30. The van der Waals surface area contributed by atoms with E-state index >= 15 is 0 Å². The number of allylic oxidation sites excluding steroid dienone is 5. The first kappa shape index (κ1) is 17.6. The Balaban J connectivity index is 2.20. The van der Waals surface area contributed by atoms with Crippen LogP contribution in [0.1, 0.15) is 18.5 Å². The van der Waals surface area contributed by atoms with E-state index in [-0.39, 0.29) is 6.10 Å². The summed E-state index contributed by atoms with van der Waals surface area (Å²) in [5.41, 5.74) is 1.88. The maximum atomic E-state index is 10.6. The number of aliphatic hydroxyl groups is 1. The minimum Gasteiger partial charge on any atom is -0.478 e. The van der Waals surface area contributed by atoms with Gasteiger partial charge >= 0.3 is 5.97 Å². The Morgan fingerprint density at radius 3 is 2.62 bits per heavy atom. The number of piperidine rings is 1. The SMILES string of the molecule is C=C/C(=C\C(=C)/C=C/C(=O)O)c1cncc(N2CCC(O)CC2)n1. The van der Waals surface area contributed by atoms with Crippen molar-refractivity contribution >= 4 is 17.4 Å². The van der Waals surface area contributed by atoms with Crippen LogP contribution in [0.4, 0.5) is 5.82 Å². The lowest BCUT2D eigenvalue weighted by atomic mass is 10.1. The molecule has 1 aromatic heterocycles. The number of anilines is 1. The van der Waals surface area contributed by atoms with Gasteiger partial charge < -0.3 is 15.1 Å². The van der Waals surface area contributed by atoms with Crippen LogP contribution >= 0.6 is 0 Å². The van der Waals surface area contributed by atoms with Crippen molar-refractivity contribution in [1.82, 2.24) is 9.97 Å². The van der Waals surface area contributed by atoms with Gasteiger partial charge in [0.1, 0.15) is 5.82 Å². The largest absolute Gasteiger partial charge is 0.478 e. The van der Waals surface area contributed by atoms with Crippen LogP contribution in [0.25, 0.3) is 5.57 Å². The van der Waals surface area contributed by atoms with Crippen LogP contribution in [0.15, 0.2) is 55.4 Å². The first-order valence-electron chi connectivity index (χ1n) is 7.69. The van der Waals surface area contributed by atoms with E-state index in [1.807, 2.05) is 0 Å². The Kier molecular flexibility index (Phi) is 6.03. The van der Waals surface area contributed by atoms with E-state index in [0.717, 1.165) is 25.0 Å². The van der Waals surface area contributed by atoms with Crippen LogP contribution in [0.2, 0.25) is 0 Å². The highest BCUT2D eigenvalue weighted by atomic mass is 16.4. The summed E-state index contributed by atoms with van der Waals surface area (Å²) < 4.78 is 0. The van der Waals surface area contributed by atoms with Crippen LogP contribution in [0, 0.1) is 0 Å². The molecule has 1 aliphatic heterocycles. The molecule has 2 rings (SSSR count). The molecule has 126 valence electrons. The molecule has 1 aliphatic rings. The monoisotopic (exact) mass is 327 g/mol. The minimum absolute atomic E-state index is 0.245. The summed E-state index contributed by atoms with van der Waals surface area (Å²) in [6.07, 6.45) is 10.3. The fourth-order valence-corrected chi connectivity index (χ4v) is 2.41. The van der Waals surface area contributed by atoms with Gasteiger partial charge in [-0.2, -0.15) is 0 Å². The maximum Gasteiger partial charge on any atom is 0.328 e. The lowest BCUT2D eigenvalue weighted by Crippen LogP contribution is -2.36. The van der Waals surface area contributed by atoms with Crippen molar-refractivity contribution < 1.29 is 15.0 Å². The van der Waals surface area contributed by atoms with Crippen molar-refractivity contribution in [1.29, 1.82) is 0 Å². The molecule has 6 heteroatoms. The molecule has 0 saturated carbocycles. The van der Waals surface area contributed by atoms with Crippen LogP contribution in [0.3, 0.4) is 0 Å². The molecule has 0 bridgehead atoms.